The van der Waals surface area contributed by atoms with E-state index in [1.54, 1.807) is 6.07 Å². The van der Waals surface area contributed by atoms with E-state index in [0.717, 1.165) is 5.65 Å². The molecular formula is C13H11N5O2S. The molecule has 3 rings (SSSR count). The molecule has 0 saturated heterocycles. The lowest BCUT2D eigenvalue weighted by atomic mass is 10.3. The van der Waals surface area contributed by atoms with Crippen LogP contribution in [0.3, 0.4) is 0 Å². The molecule has 8 heteroatoms. The van der Waals surface area contributed by atoms with Gasteiger partial charge in [0.2, 0.25) is 5.16 Å². The molecule has 0 spiro atoms. The quantitative estimate of drug-likeness (QED) is 0.735. The van der Waals surface area contributed by atoms with E-state index in [1.165, 1.54) is 24.9 Å². The second-order valence-corrected chi connectivity index (χ2v) is 5.05. The van der Waals surface area contributed by atoms with Gasteiger partial charge in [-0.25, -0.2) is 9.78 Å². The van der Waals surface area contributed by atoms with E-state index in [9.17, 15) is 4.79 Å². The Hall–Kier alpha value is -2.61. The standard InChI is InChI=1S/C13H11N5O2S/c1-20-12(19)9-6-5-8(14)11(15-9)21-13-17-16-10-4-2-3-7-18(10)13/h2-7H,14H2,1H3. The molecule has 3 aromatic heterocycles. The molecule has 7 nitrogen and oxygen atoms in total. The van der Waals surface area contributed by atoms with Gasteiger partial charge in [0.1, 0.15) is 10.7 Å². The fourth-order valence-electron chi connectivity index (χ4n) is 1.73. The van der Waals surface area contributed by atoms with Crippen molar-refractivity contribution in [2.45, 2.75) is 10.2 Å². The molecule has 0 saturated carbocycles. The lowest BCUT2D eigenvalue weighted by Gasteiger charge is -2.05. The lowest BCUT2D eigenvalue weighted by Crippen LogP contribution is -2.06. The maximum atomic E-state index is 11.5. The average molecular weight is 301 g/mol. The van der Waals surface area contributed by atoms with E-state index >= 15 is 0 Å². The highest BCUT2D eigenvalue weighted by molar-refractivity contribution is 7.99. The zero-order valence-corrected chi connectivity index (χ0v) is 11.9. The molecule has 0 atom stereocenters. The number of hydrogen-bond acceptors (Lipinski definition) is 7. The summed E-state index contributed by atoms with van der Waals surface area (Å²) in [5.74, 6) is -0.511. The summed E-state index contributed by atoms with van der Waals surface area (Å²) in [4.78, 5) is 15.7. The first-order chi connectivity index (χ1) is 10.2. The molecule has 0 aromatic carbocycles. The summed E-state index contributed by atoms with van der Waals surface area (Å²) >= 11 is 1.24. The van der Waals surface area contributed by atoms with Crippen molar-refractivity contribution in [3.05, 3.63) is 42.2 Å². The number of pyridine rings is 2. The molecular weight excluding hydrogens is 290 g/mol. The van der Waals surface area contributed by atoms with Crippen molar-refractivity contribution in [2.24, 2.45) is 0 Å². The summed E-state index contributed by atoms with van der Waals surface area (Å²) in [5, 5.41) is 9.24. The second-order valence-electron chi connectivity index (χ2n) is 4.10. The molecule has 106 valence electrons. The number of rotatable bonds is 3. The first-order valence-electron chi connectivity index (χ1n) is 6.01. The van der Waals surface area contributed by atoms with E-state index in [0.29, 0.717) is 15.9 Å². The van der Waals surface area contributed by atoms with Crippen LogP contribution in [-0.4, -0.2) is 32.7 Å². The first kappa shape index (κ1) is 13.4. The summed E-state index contributed by atoms with van der Waals surface area (Å²) in [6.45, 7) is 0. The van der Waals surface area contributed by atoms with Gasteiger partial charge in [-0.1, -0.05) is 6.07 Å². The summed E-state index contributed by atoms with van der Waals surface area (Å²) in [6.07, 6.45) is 1.85. The lowest BCUT2D eigenvalue weighted by molar-refractivity contribution is 0.0593. The zero-order chi connectivity index (χ0) is 14.8. The van der Waals surface area contributed by atoms with Crippen molar-refractivity contribution in [3.63, 3.8) is 0 Å². The molecule has 3 heterocycles. The van der Waals surface area contributed by atoms with Gasteiger partial charge in [-0.3, -0.25) is 4.40 Å². The van der Waals surface area contributed by atoms with Crippen LogP contribution in [0.25, 0.3) is 5.65 Å². The second kappa shape index (κ2) is 5.41. The third kappa shape index (κ3) is 2.52. The van der Waals surface area contributed by atoms with Crippen LogP contribution in [0.2, 0.25) is 0 Å². The summed E-state index contributed by atoms with van der Waals surface area (Å²) in [6, 6.07) is 8.74. The van der Waals surface area contributed by atoms with Crippen molar-refractivity contribution >= 4 is 29.1 Å². The van der Waals surface area contributed by atoms with Crippen molar-refractivity contribution in [1.29, 1.82) is 0 Å². The Bertz CT molecular complexity index is 817. The van der Waals surface area contributed by atoms with Crippen LogP contribution in [0.4, 0.5) is 5.69 Å². The maximum absolute atomic E-state index is 11.5. The Kier molecular flexibility index (Phi) is 3.44. The summed E-state index contributed by atoms with van der Waals surface area (Å²) < 4.78 is 6.47. The topological polar surface area (TPSA) is 95.4 Å². The molecule has 0 bridgehead atoms. The van der Waals surface area contributed by atoms with Gasteiger partial charge in [0.25, 0.3) is 0 Å². The molecule has 3 aromatic rings. The van der Waals surface area contributed by atoms with Gasteiger partial charge >= 0.3 is 5.97 Å². The predicted octanol–water partition coefficient (Wildman–Crippen LogP) is 1.64. The molecule has 0 amide bonds. The van der Waals surface area contributed by atoms with Gasteiger partial charge in [0, 0.05) is 6.20 Å². The number of nitrogens with two attached hydrogens (primary N) is 1. The normalized spacial score (nSPS) is 10.7. The summed E-state index contributed by atoms with van der Waals surface area (Å²) in [5.41, 5.74) is 7.28. The molecule has 0 unspecified atom stereocenters. The number of nitrogen functional groups attached to an aromatic ring is 1. The minimum Gasteiger partial charge on any atom is -0.464 e. The fraction of sp³-hybridized carbons (Fsp3) is 0.0769. The Morgan fingerprint density at radius 3 is 2.95 bits per heavy atom. The van der Waals surface area contributed by atoms with Gasteiger partial charge in [-0.15, -0.1) is 10.2 Å². The Labute approximate surface area is 124 Å². The number of hydrogen-bond donors (Lipinski definition) is 1. The molecule has 0 aliphatic carbocycles. The van der Waals surface area contributed by atoms with Gasteiger partial charge in [0.05, 0.1) is 12.8 Å². The number of carbonyl (C=O) groups excluding carboxylic acids is 1. The van der Waals surface area contributed by atoms with Gasteiger partial charge < -0.3 is 10.5 Å². The van der Waals surface area contributed by atoms with Crippen molar-refractivity contribution in [3.8, 4) is 0 Å². The average Bonchev–Trinajstić information content (AvgIpc) is 2.92. The van der Waals surface area contributed by atoms with Gasteiger partial charge in [0.15, 0.2) is 5.65 Å². The van der Waals surface area contributed by atoms with Crippen LogP contribution in [0.5, 0.6) is 0 Å². The first-order valence-corrected chi connectivity index (χ1v) is 6.83. The van der Waals surface area contributed by atoms with Crippen molar-refractivity contribution in [2.75, 3.05) is 12.8 Å². The number of esters is 1. The molecule has 0 aliphatic heterocycles. The number of aromatic nitrogens is 4. The minimum atomic E-state index is -0.511. The number of methoxy groups -OCH3 is 1. The number of ether oxygens (including phenoxy) is 1. The third-order valence-corrected chi connectivity index (χ3v) is 3.74. The number of fused-ring (bicyclic) bond motifs is 1. The summed E-state index contributed by atoms with van der Waals surface area (Å²) in [7, 11) is 1.30. The maximum Gasteiger partial charge on any atom is 0.356 e. The molecule has 21 heavy (non-hydrogen) atoms. The molecule has 0 aliphatic rings. The predicted molar refractivity (Wildman–Crippen MR) is 77.1 cm³/mol. The van der Waals surface area contributed by atoms with Crippen LogP contribution in [0, 0.1) is 0 Å². The third-order valence-electron chi connectivity index (χ3n) is 2.75. The van der Waals surface area contributed by atoms with E-state index in [1.807, 2.05) is 28.8 Å². The smallest absolute Gasteiger partial charge is 0.356 e. The fourth-order valence-corrected chi connectivity index (χ4v) is 2.56. The molecule has 0 fully saturated rings. The number of carbonyl (C=O) groups is 1. The number of anilines is 1. The van der Waals surface area contributed by atoms with Gasteiger partial charge in [-0.05, 0) is 36.0 Å². The Balaban J connectivity index is 1.99. The Morgan fingerprint density at radius 1 is 1.29 bits per heavy atom. The van der Waals surface area contributed by atoms with Crippen LogP contribution in [0.15, 0.2) is 46.7 Å². The minimum absolute atomic E-state index is 0.197. The van der Waals surface area contributed by atoms with Crippen LogP contribution in [-0.2, 0) is 4.74 Å². The van der Waals surface area contributed by atoms with Crippen LogP contribution in [0.1, 0.15) is 10.5 Å². The van der Waals surface area contributed by atoms with E-state index < -0.39 is 5.97 Å². The van der Waals surface area contributed by atoms with E-state index in [4.69, 9.17) is 5.73 Å². The highest BCUT2D eigenvalue weighted by Gasteiger charge is 2.14. The van der Waals surface area contributed by atoms with E-state index in [-0.39, 0.29) is 5.69 Å². The van der Waals surface area contributed by atoms with E-state index in [2.05, 4.69) is 19.9 Å². The molecule has 2 N–H and O–H groups in total. The van der Waals surface area contributed by atoms with Crippen molar-refractivity contribution in [1.82, 2.24) is 19.6 Å². The zero-order valence-electron chi connectivity index (χ0n) is 11.1. The largest absolute Gasteiger partial charge is 0.464 e. The van der Waals surface area contributed by atoms with Crippen LogP contribution < -0.4 is 5.73 Å². The number of nitrogens with zero attached hydrogens (tertiary/aromatic N) is 4. The highest BCUT2D eigenvalue weighted by atomic mass is 32.2. The highest BCUT2D eigenvalue weighted by Crippen LogP contribution is 2.29. The Morgan fingerprint density at radius 2 is 2.14 bits per heavy atom. The van der Waals surface area contributed by atoms with Crippen LogP contribution >= 0.6 is 11.8 Å². The van der Waals surface area contributed by atoms with Gasteiger partial charge in [-0.2, -0.15) is 0 Å². The monoisotopic (exact) mass is 301 g/mol. The molecule has 0 radical (unpaired) electrons. The van der Waals surface area contributed by atoms with Crippen molar-refractivity contribution < 1.29 is 9.53 Å². The SMILES string of the molecule is COC(=O)c1ccc(N)c(Sc2nnc3ccccn23)n1.